The maximum atomic E-state index is 11.7. The fourth-order valence-electron chi connectivity index (χ4n) is 1.70. The number of esters is 1. The molecule has 0 heterocycles. The number of amides is 1. The Hall–Kier alpha value is -1.75. The van der Waals surface area contributed by atoms with Gasteiger partial charge in [-0.25, -0.2) is 4.79 Å². The van der Waals surface area contributed by atoms with Gasteiger partial charge in [0.1, 0.15) is 11.3 Å². The van der Waals surface area contributed by atoms with Gasteiger partial charge in [-0.15, -0.1) is 0 Å². The summed E-state index contributed by atoms with van der Waals surface area (Å²) < 4.78 is 4.84. The second kappa shape index (κ2) is 7.75. The molecule has 0 fully saturated rings. The molecule has 0 aliphatic carbocycles. The van der Waals surface area contributed by atoms with E-state index in [2.05, 4.69) is 5.32 Å². The number of carbonyl (C=O) groups excluding carboxylic acids is 2. The van der Waals surface area contributed by atoms with Crippen LogP contribution in [0.25, 0.3) is 0 Å². The fourth-order valence-corrected chi connectivity index (χ4v) is 1.87. The molecule has 1 unspecified atom stereocenters. The van der Waals surface area contributed by atoms with Crippen LogP contribution >= 0.6 is 11.6 Å². The van der Waals surface area contributed by atoms with E-state index in [1.807, 2.05) is 13.8 Å². The number of phenols is 1. The van der Waals surface area contributed by atoms with Gasteiger partial charge >= 0.3 is 5.97 Å². The van der Waals surface area contributed by atoms with Gasteiger partial charge in [0, 0.05) is 11.1 Å². The Kier molecular flexibility index (Phi) is 6.31. The number of rotatable bonds is 6. The summed E-state index contributed by atoms with van der Waals surface area (Å²) in [5, 5.41) is 12.5. The number of hydrogen-bond acceptors (Lipinski definition) is 4. The smallest absolute Gasteiger partial charge is 0.342 e. The number of phenolic OH excluding ortho intramolecular Hbond substituents is 1. The van der Waals surface area contributed by atoms with Crippen LogP contribution < -0.4 is 5.32 Å². The van der Waals surface area contributed by atoms with Gasteiger partial charge in [0.05, 0.1) is 0 Å². The monoisotopic (exact) mass is 299 g/mol. The molecule has 0 radical (unpaired) electrons. The molecule has 1 rings (SSSR count). The van der Waals surface area contributed by atoms with E-state index in [1.165, 1.54) is 18.2 Å². The number of benzene rings is 1. The average Bonchev–Trinajstić information content (AvgIpc) is 2.39. The largest absolute Gasteiger partial charge is 0.507 e. The number of ether oxygens (including phenoxy) is 1. The summed E-state index contributed by atoms with van der Waals surface area (Å²) >= 11 is 5.73. The van der Waals surface area contributed by atoms with E-state index in [0.717, 1.165) is 12.8 Å². The Labute approximate surface area is 122 Å². The van der Waals surface area contributed by atoms with E-state index in [9.17, 15) is 14.7 Å². The molecule has 6 heteroatoms. The molecule has 1 atom stereocenters. The third-order valence-electron chi connectivity index (χ3n) is 2.64. The first-order valence-corrected chi connectivity index (χ1v) is 6.76. The van der Waals surface area contributed by atoms with Crippen LogP contribution in [0.2, 0.25) is 5.02 Å². The molecular weight excluding hydrogens is 282 g/mol. The molecule has 0 aliphatic heterocycles. The Morgan fingerprint density at radius 3 is 2.80 bits per heavy atom. The van der Waals surface area contributed by atoms with Gasteiger partial charge in [0.15, 0.2) is 6.61 Å². The molecule has 0 saturated heterocycles. The van der Waals surface area contributed by atoms with E-state index < -0.39 is 12.6 Å². The number of aromatic hydroxyl groups is 1. The van der Waals surface area contributed by atoms with Crippen LogP contribution in [0, 0.1) is 0 Å². The minimum absolute atomic E-state index is 0.0331. The maximum Gasteiger partial charge on any atom is 0.342 e. The number of hydrogen-bond donors (Lipinski definition) is 2. The van der Waals surface area contributed by atoms with Crippen LogP contribution in [0.5, 0.6) is 5.75 Å². The predicted octanol–water partition coefficient (Wildman–Crippen LogP) is 2.51. The first-order valence-electron chi connectivity index (χ1n) is 6.39. The van der Waals surface area contributed by atoms with Crippen molar-refractivity contribution in [3.8, 4) is 5.75 Å². The predicted molar refractivity (Wildman–Crippen MR) is 75.9 cm³/mol. The lowest BCUT2D eigenvalue weighted by Gasteiger charge is -2.13. The van der Waals surface area contributed by atoms with E-state index in [1.54, 1.807) is 0 Å². The summed E-state index contributed by atoms with van der Waals surface area (Å²) in [6.07, 6.45) is 1.81. The SMILES string of the molecule is CCCC(C)NC(=O)COC(=O)c1cc(Cl)ccc1O. The summed E-state index contributed by atoms with van der Waals surface area (Å²) in [5.41, 5.74) is -0.0630. The first-order chi connectivity index (χ1) is 9.43. The lowest BCUT2D eigenvalue weighted by atomic mass is 10.2. The van der Waals surface area contributed by atoms with Gasteiger partial charge in [0.2, 0.25) is 0 Å². The van der Waals surface area contributed by atoms with Crippen LogP contribution in [0.4, 0.5) is 0 Å². The van der Waals surface area contributed by atoms with E-state index in [-0.39, 0.29) is 23.3 Å². The van der Waals surface area contributed by atoms with Crippen molar-refractivity contribution < 1.29 is 19.4 Å². The van der Waals surface area contributed by atoms with Crippen molar-refractivity contribution in [1.82, 2.24) is 5.32 Å². The third-order valence-corrected chi connectivity index (χ3v) is 2.88. The molecule has 1 amide bonds. The molecule has 2 N–H and O–H groups in total. The highest BCUT2D eigenvalue weighted by Crippen LogP contribution is 2.22. The average molecular weight is 300 g/mol. The highest BCUT2D eigenvalue weighted by atomic mass is 35.5. The molecule has 110 valence electrons. The second-order valence-corrected chi connectivity index (χ2v) is 4.93. The molecule has 1 aromatic rings. The lowest BCUT2D eigenvalue weighted by molar-refractivity contribution is -0.124. The van der Waals surface area contributed by atoms with Gasteiger partial charge in [-0.3, -0.25) is 4.79 Å². The second-order valence-electron chi connectivity index (χ2n) is 4.49. The first kappa shape index (κ1) is 16.3. The highest BCUT2D eigenvalue weighted by molar-refractivity contribution is 6.31. The van der Waals surface area contributed by atoms with Crippen molar-refractivity contribution in [2.24, 2.45) is 0 Å². The molecule has 0 bridgehead atoms. The summed E-state index contributed by atoms with van der Waals surface area (Å²) in [6.45, 7) is 3.51. The Balaban J connectivity index is 2.51. The third kappa shape index (κ3) is 5.09. The van der Waals surface area contributed by atoms with Crippen LogP contribution in [0.1, 0.15) is 37.0 Å². The fraction of sp³-hybridized carbons (Fsp3) is 0.429. The Morgan fingerprint density at radius 1 is 1.45 bits per heavy atom. The summed E-state index contributed by atoms with van der Waals surface area (Å²) in [5.74, 6) is -1.40. The number of carbonyl (C=O) groups is 2. The highest BCUT2D eigenvalue weighted by Gasteiger charge is 2.15. The number of nitrogens with one attached hydrogen (secondary N) is 1. The Morgan fingerprint density at radius 2 is 2.15 bits per heavy atom. The van der Waals surface area contributed by atoms with Gasteiger partial charge in [0.25, 0.3) is 5.91 Å². The Bertz CT molecular complexity index is 490. The van der Waals surface area contributed by atoms with E-state index in [0.29, 0.717) is 5.02 Å². The normalized spacial score (nSPS) is 11.8. The quantitative estimate of drug-likeness (QED) is 0.791. The van der Waals surface area contributed by atoms with Crippen LogP contribution in [0.3, 0.4) is 0 Å². The summed E-state index contributed by atoms with van der Waals surface area (Å²) in [4.78, 5) is 23.3. The molecule has 0 aromatic heterocycles. The van der Waals surface area contributed by atoms with Crippen molar-refractivity contribution >= 4 is 23.5 Å². The molecule has 0 aliphatic rings. The van der Waals surface area contributed by atoms with Gasteiger partial charge in [-0.1, -0.05) is 24.9 Å². The van der Waals surface area contributed by atoms with Crippen LogP contribution in [-0.4, -0.2) is 29.6 Å². The zero-order chi connectivity index (χ0) is 15.1. The minimum atomic E-state index is -0.789. The summed E-state index contributed by atoms with van der Waals surface area (Å²) in [6, 6.07) is 4.07. The standard InChI is InChI=1S/C14H18ClNO4/c1-3-4-9(2)16-13(18)8-20-14(19)11-7-10(15)5-6-12(11)17/h5-7,9,17H,3-4,8H2,1-2H3,(H,16,18). The maximum absolute atomic E-state index is 11.7. The van der Waals surface area contributed by atoms with Crippen LogP contribution in [0.15, 0.2) is 18.2 Å². The molecule has 0 saturated carbocycles. The zero-order valence-electron chi connectivity index (χ0n) is 11.5. The van der Waals surface area contributed by atoms with E-state index in [4.69, 9.17) is 16.3 Å². The van der Waals surface area contributed by atoms with Gasteiger partial charge in [-0.2, -0.15) is 0 Å². The molecule has 0 spiro atoms. The van der Waals surface area contributed by atoms with Crippen LogP contribution in [-0.2, 0) is 9.53 Å². The van der Waals surface area contributed by atoms with Crippen molar-refractivity contribution in [3.05, 3.63) is 28.8 Å². The molecule has 20 heavy (non-hydrogen) atoms. The van der Waals surface area contributed by atoms with E-state index >= 15 is 0 Å². The number of halogens is 1. The van der Waals surface area contributed by atoms with Crippen molar-refractivity contribution in [3.63, 3.8) is 0 Å². The van der Waals surface area contributed by atoms with Crippen molar-refractivity contribution in [1.29, 1.82) is 0 Å². The minimum Gasteiger partial charge on any atom is -0.507 e. The van der Waals surface area contributed by atoms with Crippen molar-refractivity contribution in [2.75, 3.05) is 6.61 Å². The molecular formula is C14H18ClNO4. The van der Waals surface area contributed by atoms with Gasteiger partial charge in [-0.05, 0) is 31.5 Å². The molecule has 1 aromatic carbocycles. The summed E-state index contributed by atoms with van der Waals surface area (Å²) in [7, 11) is 0. The molecule has 5 nitrogen and oxygen atoms in total. The lowest BCUT2D eigenvalue weighted by Crippen LogP contribution is -2.35. The van der Waals surface area contributed by atoms with Gasteiger partial charge < -0.3 is 15.2 Å². The zero-order valence-corrected chi connectivity index (χ0v) is 12.2. The topological polar surface area (TPSA) is 75.6 Å². The van der Waals surface area contributed by atoms with Crippen molar-refractivity contribution in [2.45, 2.75) is 32.7 Å².